The highest BCUT2D eigenvalue weighted by Crippen LogP contribution is 2.23. The van der Waals surface area contributed by atoms with Gasteiger partial charge in [-0.05, 0) is 24.9 Å². The van der Waals surface area contributed by atoms with Gasteiger partial charge in [0, 0.05) is 37.3 Å². The molecule has 6 heteroatoms. The predicted molar refractivity (Wildman–Crippen MR) is 75.9 cm³/mol. The van der Waals surface area contributed by atoms with Gasteiger partial charge in [-0.2, -0.15) is 0 Å². The normalized spacial score (nSPS) is 14.2. The molecule has 0 saturated carbocycles. The van der Waals surface area contributed by atoms with Crippen LogP contribution >= 0.6 is 0 Å². The number of nitrogens with zero attached hydrogens (tertiary/aromatic N) is 2. The molecule has 0 fully saturated rings. The zero-order valence-corrected chi connectivity index (χ0v) is 11.6. The number of rotatable bonds is 6. The lowest BCUT2D eigenvalue weighted by molar-refractivity contribution is -0.384. The molecule has 2 rings (SSSR count). The molecule has 0 atom stereocenters. The molecule has 1 N–H and O–H groups in total. The standard InChI is InChI=1S/C14H19N3O3/c1-2-6-15-7-9-16-8-5-11-3-4-12(17(19)20)10-13(11)14(16)18/h3-4,10,15H,2,5-9H2,1H3. The minimum Gasteiger partial charge on any atom is -0.337 e. The number of carbonyl (C=O) groups excluding carboxylic acids is 1. The topological polar surface area (TPSA) is 75.5 Å². The van der Waals surface area contributed by atoms with E-state index in [0.29, 0.717) is 18.7 Å². The Morgan fingerprint density at radius 2 is 2.20 bits per heavy atom. The number of nitrogens with one attached hydrogen (secondary N) is 1. The average molecular weight is 277 g/mol. The highest BCUT2D eigenvalue weighted by atomic mass is 16.6. The SMILES string of the molecule is CCCNCCN1CCc2ccc([N+](=O)[O-])cc2C1=O. The Balaban J connectivity index is 2.07. The minimum atomic E-state index is -0.463. The highest BCUT2D eigenvalue weighted by Gasteiger charge is 2.25. The van der Waals surface area contributed by atoms with Gasteiger partial charge in [-0.25, -0.2) is 0 Å². The Hall–Kier alpha value is -1.95. The monoisotopic (exact) mass is 277 g/mol. The highest BCUT2D eigenvalue weighted by molar-refractivity contribution is 5.97. The van der Waals surface area contributed by atoms with Crippen molar-refractivity contribution in [3.63, 3.8) is 0 Å². The van der Waals surface area contributed by atoms with E-state index in [1.807, 2.05) is 0 Å². The second kappa shape index (κ2) is 6.47. The van der Waals surface area contributed by atoms with Crippen molar-refractivity contribution in [3.8, 4) is 0 Å². The molecule has 1 aliphatic heterocycles. The fourth-order valence-corrected chi connectivity index (χ4v) is 2.35. The van der Waals surface area contributed by atoms with Gasteiger partial charge in [-0.1, -0.05) is 13.0 Å². The Bertz CT molecular complexity index is 516. The molecule has 20 heavy (non-hydrogen) atoms. The molecule has 0 spiro atoms. The maximum Gasteiger partial charge on any atom is 0.270 e. The van der Waals surface area contributed by atoms with Crippen LogP contribution in [-0.4, -0.2) is 41.9 Å². The summed E-state index contributed by atoms with van der Waals surface area (Å²) in [6.07, 6.45) is 1.82. The molecule has 1 aliphatic rings. The van der Waals surface area contributed by atoms with Gasteiger partial charge in [0.15, 0.2) is 0 Å². The third kappa shape index (κ3) is 3.14. The number of non-ortho nitro benzene ring substituents is 1. The fraction of sp³-hybridized carbons (Fsp3) is 0.500. The number of hydrogen-bond donors (Lipinski definition) is 1. The molecule has 1 amide bonds. The quantitative estimate of drug-likeness (QED) is 0.487. The second-order valence-corrected chi connectivity index (χ2v) is 4.89. The van der Waals surface area contributed by atoms with Crippen LogP contribution in [0.2, 0.25) is 0 Å². The van der Waals surface area contributed by atoms with Crippen LogP contribution in [0.4, 0.5) is 5.69 Å². The zero-order chi connectivity index (χ0) is 14.5. The fourth-order valence-electron chi connectivity index (χ4n) is 2.35. The molecule has 1 aromatic rings. The van der Waals surface area contributed by atoms with E-state index < -0.39 is 4.92 Å². The summed E-state index contributed by atoms with van der Waals surface area (Å²) in [6.45, 7) is 5.10. The first-order valence-electron chi connectivity index (χ1n) is 6.90. The van der Waals surface area contributed by atoms with Gasteiger partial charge in [0.1, 0.15) is 0 Å². The van der Waals surface area contributed by atoms with Crippen LogP contribution in [0, 0.1) is 10.1 Å². The summed E-state index contributed by atoms with van der Waals surface area (Å²) >= 11 is 0. The van der Waals surface area contributed by atoms with Gasteiger partial charge in [-0.3, -0.25) is 14.9 Å². The lowest BCUT2D eigenvalue weighted by atomic mass is 9.98. The predicted octanol–water partition coefficient (Wildman–Crippen LogP) is 1.59. The van der Waals surface area contributed by atoms with Crippen molar-refractivity contribution in [3.05, 3.63) is 39.4 Å². The Kier molecular flexibility index (Phi) is 4.68. The molecule has 108 valence electrons. The van der Waals surface area contributed by atoms with Crippen molar-refractivity contribution in [1.29, 1.82) is 0 Å². The van der Waals surface area contributed by atoms with Crippen molar-refractivity contribution >= 4 is 11.6 Å². The van der Waals surface area contributed by atoms with E-state index in [2.05, 4.69) is 12.2 Å². The van der Waals surface area contributed by atoms with Gasteiger partial charge in [0.25, 0.3) is 11.6 Å². The average Bonchev–Trinajstić information content (AvgIpc) is 2.45. The van der Waals surface area contributed by atoms with Crippen molar-refractivity contribution < 1.29 is 9.72 Å². The lowest BCUT2D eigenvalue weighted by Gasteiger charge is -2.28. The number of benzene rings is 1. The van der Waals surface area contributed by atoms with E-state index in [1.165, 1.54) is 12.1 Å². The lowest BCUT2D eigenvalue weighted by Crippen LogP contribution is -2.41. The van der Waals surface area contributed by atoms with Crippen molar-refractivity contribution in [2.24, 2.45) is 0 Å². The Labute approximate surface area is 117 Å². The third-order valence-corrected chi connectivity index (χ3v) is 3.46. The second-order valence-electron chi connectivity index (χ2n) is 4.89. The zero-order valence-electron chi connectivity index (χ0n) is 11.6. The summed E-state index contributed by atoms with van der Waals surface area (Å²) in [5, 5.41) is 14.0. The summed E-state index contributed by atoms with van der Waals surface area (Å²) in [5.41, 5.74) is 1.35. The molecule has 6 nitrogen and oxygen atoms in total. The van der Waals surface area contributed by atoms with E-state index in [9.17, 15) is 14.9 Å². The largest absolute Gasteiger partial charge is 0.337 e. The van der Waals surface area contributed by atoms with Gasteiger partial charge in [0.05, 0.1) is 4.92 Å². The number of amides is 1. The van der Waals surface area contributed by atoms with Gasteiger partial charge in [-0.15, -0.1) is 0 Å². The van der Waals surface area contributed by atoms with E-state index in [1.54, 1.807) is 11.0 Å². The number of fused-ring (bicyclic) bond motifs is 1. The molecule has 1 heterocycles. The minimum absolute atomic E-state index is 0.0249. The van der Waals surface area contributed by atoms with Crippen molar-refractivity contribution in [2.75, 3.05) is 26.2 Å². The summed E-state index contributed by atoms with van der Waals surface area (Å²) in [4.78, 5) is 24.4. The van der Waals surface area contributed by atoms with Crippen LogP contribution < -0.4 is 5.32 Å². The van der Waals surface area contributed by atoms with Gasteiger partial charge >= 0.3 is 0 Å². The molecular formula is C14H19N3O3. The molecule has 0 aliphatic carbocycles. The molecule has 0 saturated heterocycles. The first-order chi connectivity index (χ1) is 9.63. The molecular weight excluding hydrogens is 258 g/mol. The van der Waals surface area contributed by atoms with Crippen LogP contribution in [0.3, 0.4) is 0 Å². The number of hydrogen-bond acceptors (Lipinski definition) is 4. The molecule has 0 aromatic heterocycles. The van der Waals surface area contributed by atoms with Crippen LogP contribution in [0.25, 0.3) is 0 Å². The summed E-state index contributed by atoms with van der Waals surface area (Å²) in [7, 11) is 0. The number of carbonyl (C=O) groups is 1. The maximum absolute atomic E-state index is 12.3. The molecule has 0 unspecified atom stereocenters. The van der Waals surface area contributed by atoms with E-state index in [4.69, 9.17) is 0 Å². The maximum atomic E-state index is 12.3. The molecule has 0 bridgehead atoms. The Morgan fingerprint density at radius 3 is 2.90 bits per heavy atom. The summed E-state index contributed by atoms with van der Waals surface area (Å²) < 4.78 is 0. The van der Waals surface area contributed by atoms with Crippen molar-refractivity contribution in [2.45, 2.75) is 19.8 Å². The van der Waals surface area contributed by atoms with Crippen LogP contribution in [0.5, 0.6) is 0 Å². The van der Waals surface area contributed by atoms with Crippen LogP contribution in [0.1, 0.15) is 29.3 Å². The van der Waals surface area contributed by atoms with Crippen LogP contribution in [-0.2, 0) is 6.42 Å². The first-order valence-corrected chi connectivity index (χ1v) is 6.90. The molecule has 0 radical (unpaired) electrons. The summed E-state index contributed by atoms with van der Waals surface area (Å²) in [5.74, 6) is -0.103. The first kappa shape index (κ1) is 14.5. The number of nitro groups is 1. The Morgan fingerprint density at radius 1 is 1.40 bits per heavy atom. The van der Waals surface area contributed by atoms with E-state index in [0.717, 1.165) is 31.5 Å². The van der Waals surface area contributed by atoms with Gasteiger partial charge in [0.2, 0.25) is 0 Å². The van der Waals surface area contributed by atoms with Crippen LogP contribution in [0.15, 0.2) is 18.2 Å². The third-order valence-electron chi connectivity index (χ3n) is 3.46. The van der Waals surface area contributed by atoms with Gasteiger partial charge < -0.3 is 10.2 Å². The number of nitro benzene ring substituents is 1. The van der Waals surface area contributed by atoms with E-state index in [-0.39, 0.29) is 11.6 Å². The smallest absolute Gasteiger partial charge is 0.270 e. The molecule has 1 aromatic carbocycles. The van der Waals surface area contributed by atoms with E-state index >= 15 is 0 Å². The summed E-state index contributed by atoms with van der Waals surface area (Å²) in [6, 6.07) is 4.55. The van der Waals surface area contributed by atoms with Crippen molar-refractivity contribution in [1.82, 2.24) is 10.2 Å².